The van der Waals surface area contributed by atoms with Crippen LogP contribution in [0.2, 0.25) is 0 Å². The maximum atomic E-state index is 14.1. The van der Waals surface area contributed by atoms with Gasteiger partial charge >= 0.3 is 0 Å². The molecule has 0 spiro atoms. The van der Waals surface area contributed by atoms with Crippen LogP contribution in [0.5, 0.6) is 5.88 Å². The van der Waals surface area contributed by atoms with Crippen molar-refractivity contribution in [2.45, 2.75) is 19.6 Å². The molecule has 0 unspecified atom stereocenters. The molecule has 3 N–H and O–H groups in total. The molecule has 1 saturated heterocycles. The summed E-state index contributed by atoms with van der Waals surface area (Å²) in [5, 5.41) is 6.30. The highest BCUT2D eigenvalue weighted by atomic mass is 19.1. The van der Waals surface area contributed by atoms with E-state index in [1.165, 1.54) is 6.07 Å². The van der Waals surface area contributed by atoms with Crippen molar-refractivity contribution in [3.8, 4) is 28.5 Å². The number of H-pyrrole nitrogens is 1. The molecule has 8 nitrogen and oxygen atoms in total. The maximum absolute atomic E-state index is 14.1. The van der Waals surface area contributed by atoms with Gasteiger partial charge in [0.25, 0.3) is 0 Å². The quantitative estimate of drug-likeness (QED) is 0.315. The van der Waals surface area contributed by atoms with E-state index in [1.807, 2.05) is 43.3 Å². The standard InChI is InChI=1S/C27H24FN7O/c1-16-5-4-8-22(32-16)27-26(34-24(35-27)14-30-20-7-3-2-6-19(20)28)17-9-10-21-23(11-17)33-25(15-31-21)36-18-12-29-13-18/h2-11,15,18,29-30H,12-14H2,1H3,(H,34,35). The third-order valence-electron chi connectivity index (χ3n) is 6.04. The number of ether oxygens (including phenoxy) is 1. The molecule has 0 bridgehead atoms. The minimum absolute atomic E-state index is 0.121. The normalized spacial score (nSPS) is 13.5. The summed E-state index contributed by atoms with van der Waals surface area (Å²) in [7, 11) is 0. The number of benzene rings is 2. The van der Waals surface area contributed by atoms with Crippen LogP contribution < -0.4 is 15.4 Å². The Morgan fingerprint density at radius 2 is 1.89 bits per heavy atom. The van der Waals surface area contributed by atoms with Crippen LogP contribution in [0.4, 0.5) is 10.1 Å². The van der Waals surface area contributed by atoms with Crippen LogP contribution in [-0.4, -0.2) is 44.1 Å². The van der Waals surface area contributed by atoms with Gasteiger partial charge in [-0.15, -0.1) is 0 Å². The van der Waals surface area contributed by atoms with Gasteiger partial charge in [-0.05, 0) is 43.3 Å². The average Bonchev–Trinajstić information content (AvgIpc) is 3.30. The van der Waals surface area contributed by atoms with E-state index in [2.05, 4.69) is 30.6 Å². The topological polar surface area (TPSA) is 101 Å². The van der Waals surface area contributed by atoms with E-state index >= 15 is 0 Å². The van der Waals surface area contributed by atoms with Crippen molar-refractivity contribution in [2.75, 3.05) is 18.4 Å². The molecule has 0 saturated carbocycles. The number of imidazole rings is 1. The number of aromatic amines is 1. The Hall–Kier alpha value is -4.37. The van der Waals surface area contributed by atoms with Gasteiger partial charge in [0, 0.05) is 24.3 Å². The van der Waals surface area contributed by atoms with E-state index in [1.54, 1.807) is 24.4 Å². The molecule has 6 rings (SSSR count). The third kappa shape index (κ3) is 4.48. The maximum Gasteiger partial charge on any atom is 0.233 e. The van der Waals surface area contributed by atoms with E-state index in [4.69, 9.17) is 9.72 Å². The van der Waals surface area contributed by atoms with Crippen LogP contribution in [0, 0.1) is 12.7 Å². The number of rotatable bonds is 7. The Morgan fingerprint density at radius 3 is 2.69 bits per heavy atom. The lowest BCUT2D eigenvalue weighted by Gasteiger charge is -2.27. The first-order chi connectivity index (χ1) is 17.6. The van der Waals surface area contributed by atoms with Gasteiger partial charge in [0.05, 0.1) is 40.9 Å². The SMILES string of the molecule is Cc1cccc(-c2nc(CNc3ccccc3F)[nH]c2-c2ccc3ncc(OC4CNC4)nc3c2)n1. The average molecular weight is 482 g/mol. The van der Waals surface area contributed by atoms with E-state index in [0.717, 1.165) is 46.8 Å². The number of pyridine rings is 1. The number of nitrogens with one attached hydrogen (secondary N) is 3. The summed E-state index contributed by atoms with van der Waals surface area (Å²) in [4.78, 5) is 22.1. The molecule has 0 amide bonds. The van der Waals surface area contributed by atoms with Crippen molar-refractivity contribution in [3.63, 3.8) is 0 Å². The number of para-hydroxylation sites is 1. The van der Waals surface area contributed by atoms with Crippen molar-refractivity contribution in [1.82, 2.24) is 30.2 Å². The van der Waals surface area contributed by atoms with Crippen LogP contribution in [0.15, 0.2) is 66.9 Å². The Labute approximate surface area is 207 Å². The van der Waals surface area contributed by atoms with Crippen LogP contribution in [-0.2, 0) is 6.54 Å². The first kappa shape index (κ1) is 22.1. The monoisotopic (exact) mass is 481 g/mol. The fourth-order valence-corrected chi connectivity index (χ4v) is 4.08. The summed E-state index contributed by atoms with van der Waals surface area (Å²) < 4.78 is 20.0. The third-order valence-corrected chi connectivity index (χ3v) is 6.04. The van der Waals surface area contributed by atoms with E-state index in [-0.39, 0.29) is 11.9 Å². The highest BCUT2D eigenvalue weighted by molar-refractivity contribution is 5.85. The second kappa shape index (κ2) is 9.35. The molecular formula is C27H24FN7O. The van der Waals surface area contributed by atoms with Gasteiger partial charge in [0.2, 0.25) is 5.88 Å². The molecular weight excluding hydrogens is 457 g/mol. The minimum atomic E-state index is -0.311. The van der Waals surface area contributed by atoms with Gasteiger partial charge in [0.1, 0.15) is 23.4 Å². The second-order valence-electron chi connectivity index (χ2n) is 8.71. The van der Waals surface area contributed by atoms with E-state index in [9.17, 15) is 4.39 Å². The number of fused-ring (bicyclic) bond motifs is 1. The first-order valence-electron chi connectivity index (χ1n) is 11.8. The van der Waals surface area contributed by atoms with Crippen LogP contribution >= 0.6 is 0 Å². The zero-order chi connectivity index (χ0) is 24.5. The fourth-order valence-electron chi connectivity index (χ4n) is 4.08. The Morgan fingerprint density at radius 1 is 1.00 bits per heavy atom. The number of aromatic nitrogens is 5. The predicted octanol–water partition coefficient (Wildman–Crippen LogP) is 4.49. The number of hydrogen-bond acceptors (Lipinski definition) is 7. The summed E-state index contributed by atoms with van der Waals surface area (Å²) >= 11 is 0. The minimum Gasteiger partial charge on any atom is -0.471 e. The molecule has 36 heavy (non-hydrogen) atoms. The lowest BCUT2D eigenvalue weighted by atomic mass is 10.1. The molecule has 0 radical (unpaired) electrons. The van der Waals surface area contributed by atoms with Crippen molar-refractivity contribution in [1.29, 1.82) is 0 Å². The molecule has 1 fully saturated rings. The van der Waals surface area contributed by atoms with Crippen LogP contribution in [0.3, 0.4) is 0 Å². The van der Waals surface area contributed by atoms with Crippen molar-refractivity contribution in [3.05, 3.63) is 84.2 Å². The van der Waals surface area contributed by atoms with Gasteiger partial charge in [-0.2, -0.15) is 0 Å². The summed E-state index contributed by atoms with van der Waals surface area (Å²) in [5.74, 6) is 0.854. The largest absolute Gasteiger partial charge is 0.471 e. The van der Waals surface area contributed by atoms with Crippen molar-refractivity contribution in [2.24, 2.45) is 0 Å². The summed E-state index contributed by atoms with van der Waals surface area (Å²) in [6, 6.07) is 18.3. The molecule has 0 aliphatic carbocycles. The number of aryl methyl sites for hydroxylation is 1. The van der Waals surface area contributed by atoms with Gasteiger partial charge in [0.15, 0.2) is 0 Å². The Balaban J connectivity index is 1.37. The predicted molar refractivity (Wildman–Crippen MR) is 136 cm³/mol. The summed E-state index contributed by atoms with van der Waals surface area (Å²) in [5.41, 5.74) is 5.96. The molecule has 5 aromatic rings. The first-order valence-corrected chi connectivity index (χ1v) is 11.8. The number of anilines is 1. The van der Waals surface area contributed by atoms with Crippen molar-refractivity contribution < 1.29 is 9.13 Å². The van der Waals surface area contributed by atoms with Gasteiger partial charge < -0.3 is 20.4 Å². The number of halogens is 1. The molecule has 4 heterocycles. The molecule has 1 aliphatic heterocycles. The summed E-state index contributed by atoms with van der Waals surface area (Å²) in [6.45, 7) is 3.89. The van der Waals surface area contributed by atoms with E-state index < -0.39 is 0 Å². The molecule has 180 valence electrons. The van der Waals surface area contributed by atoms with Crippen LogP contribution in [0.25, 0.3) is 33.7 Å². The van der Waals surface area contributed by atoms with Crippen molar-refractivity contribution >= 4 is 16.7 Å². The molecule has 1 aliphatic rings. The van der Waals surface area contributed by atoms with Crippen LogP contribution in [0.1, 0.15) is 11.5 Å². The van der Waals surface area contributed by atoms with E-state index in [0.29, 0.717) is 29.6 Å². The Bertz CT molecular complexity index is 1550. The number of hydrogen-bond donors (Lipinski definition) is 3. The smallest absolute Gasteiger partial charge is 0.233 e. The zero-order valence-corrected chi connectivity index (χ0v) is 19.6. The molecule has 3 aromatic heterocycles. The Kier molecular flexibility index (Phi) is 5.74. The molecule has 0 atom stereocenters. The fraction of sp³-hybridized carbons (Fsp3) is 0.185. The summed E-state index contributed by atoms with van der Waals surface area (Å²) in [6.07, 6.45) is 1.78. The lowest BCUT2D eigenvalue weighted by molar-refractivity contribution is 0.136. The van der Waals surface area contributed by atoms with Gasteiger partial charge in [-0.3, -0.25) is 4.98 Å². The highest BCUT2D eigenvalue weighted by Gasteiger charge is 2.20. The van der Waals surface area contributed by atoms with Gasteiger partial charge in [-0.1, -0.05) is 24.3 Å². The molecule has 9 heteroatoms. The zero-order valence-electron chi connectivity index (χ0n) is 19.6. The number of nitrogens with zero attached hydrogens (tertiary/aromatic N) is 4. The lowest BCUT2D eigenvalue weighted by Crippen LogP contribution is -2.50. The van der Waals surface area contributed by atoms with Gasteiger partial charge in [-0.25, -0.2) is 19.3 Å². The second-order valence-corrected chi connectivity index (χ2v) is 8.71. The molecule has 2 aromatic carbocycles. The highest BCUT2D eigenvalue weighted by Crippen LogP contribution is 2.31.